The summed E-state index contributed by atoms with van der Waals surface area (Å²) in [7, 11) is 1.79. The fourth-order valence-electron chi connectivity index (χ4n) is 3.70. The lowest BCUT2D eigenvalue weighted by Gasteiger charge is -2.09. The van der Waals surface area contributed by atoms with E-state index in [0.717, 1.165) is 33.2 Å². The fraction of sp³-hybridized carbons (Fsp3) is 0.0870. The maximum absolute atomic E-state index is 14.7. The summed E-state index contributed by atoms with van der Waals surface area (Å²) in [4.78, 5) is 19.6. The van der Waals surface area contributed by atoms with Crippen molar-refractivity contribution in [3.05, 3.63) is 88.1 Å². The number of hydrogen-bond acceptors (Lipinski definition) is 4. The van der Waals surface area contributed by atoms with E-state index in [0.29, 0.717) is 23.3 Å². The molecule has 0 saturated heterocycles. The van der Waals surface area contributed by atoms with Gasteiger partial charge in [-0.15, -0.1) is 0 Å². The summed E-state index contributed by atoms with van der Waals surface area (Å²) in [5, 5.41) is 11.1. The second kappa shape index (κ2) is 7.11. The van der Waals surface area contributed by atoms with E-state index in [2.05, 4.69) is 25.5 Å². The summed E-state index contributed by atoms with van der Waals surface area (Å²) in [6, 6.07) is 18.0. The maximum atomic E-state index is 14.7. The Balaban J connectivity index is 1.56. The second-order valence-corrected chi connectivity index (χ2v) is 7.10. The molecule has 0 amide bonds. The van der Waals surface area contributed by atoms with Crippen molar-refractivity contribution >= 4 is 27.8 Å². The van der Waals surface area contributed by atoms with Crippen LogP contribution in [-0.4, -0.2) is 27.2 Å². The number of aromatic nitrogens is 4. The number of anilines is 1. The molecule has 3 aromatic carbocycles. The van der Waals surface area contributed by atoms with Gasteiger partial charge in [0.05, 0.1) is 22.1 Å². The first-order chi connectivity index (χ1) is 14.6. The van der Waals surface area contributed by atoms with Crippen LogP contribution in [0.4, 0.5) is 10.3 Å². The molecule has 0 aliphatic rings. The predicted molar refractivity (Wildman–Crippen MR) is 116 cm³/mol. The molecule has 0 atom stereocenters. The number of rotatable bonds is 4. The van der Waals surface area contributed by atoms with Crippen LogP contribution in [0.3, 0.4) is 0 Å². The largest absolute Gasteiger partial charge is 0.359 e. The zero-order chi connectivity index (χ0) is 20.7. The first-order valence-electron chi connectivity index (χ1n) is 9.55. The van der Waals surface area contributed by atoms with Crippen LogP contribution in [0.1, 0.15) is 11.3 Å². The van der Waals surface area contributed by atoms with Crippen molar-refractivity contribution in [2.45, 2.75) is 6.42 Å². The highest BCUT2D eigenvalue weighted by atomic mass is 19.1. The summed E-state index contributed by atoms with van der Waals surface area (Å²) in [5.74, 6) is 0.359. The molecule has 148 valence electrons. The summed E-state index contributed by atoms with van der Waals surface area (Å²) < 4.78 is 14.7. The Morgan fingerprint density at radius 1 is 1.03 bits per heavy atom. The maximum Gasteiger partial charge on any atom is 0.272 e. The van der Waals surface area contributed by atoms with E-state index < -0.39 is 0 Å². The van der Waals surface area contributed by atoms with Crippen molar-refractivity contribution in [1.29, 1.82) is 0 Å². The normalized spacial score (nSPS) is 11.3. The molecule has 5 rings (SSSR count). The number of halogens is 1. The van der Waals surface area contributed by atoms with Crippen LogP contribution in [0.2, 0.25) is 0 Å². The van der Waals surface area contributed by atoms with E-state index in [9.17, 15) is 9.18 Å². The smallest absolute Gasteiger partial charge is 0.272 e. The highest BCUT2D eigenvalue weighted by molar-refractivity contribution is 5.85. The number of nitrogens with one attached hydrogen (secondary N) is 3. The number of nitrogens with zero attached hydrogens (tertiary/aromatic N) is 2. The number of aromatic amines is 2. The minimum Gasteiger partial charge on any atom is -0.359 e. The van der Waals surface area contributed by atoms with Gasteiger partial charge in [-0.25, -0.2) is 14.5 Å². The second-order valence-electron chi connectivity index (χ2n) is 7.10. The van der Waals surface area contributed by atoms with E-state index in [1.807, 2.05) is 42.5 Å². The third kappa shape index (κ3) is 3.10. The van der Waals surface area contributed by atoms with Crippen molar-refractivity contribution < 1.29 is 4.39 Å². The number of H-pyrrole nitrogens is 2. The van der Waals surface area contributed by atoms with E-state index in [1.54, 1.807) is 19.2 Å². The average molecular weight is 399 g/mol. The van der Waals surface area contributed by atoms with Crippen molar-refractivity contribution in [2.75, 3.05) is 12.4 Å². The minimum atomic E-state index is -0.300. The highest BCUT2D eigenvalue weighted by Crippen LogP contribution is 2.28. The number of benzene rings is 3. The summed E-state index contributed by atoms with van der Waals surface area (Å²) in [6.45, 7) is 0. The van der Waals surface area contributed by atoms with Crippen LogP contribution in [0.5, 0.6) is 0 Å². The lowest BCUT2D eigenvalue weighted by atomic mass is 9.98. The summed E-state index contributed by atoms with van der Waals surface area (Å²) >= 11 is 0. The van der Waals surface area contributed by atoms with E-state index >= 15 is 0 Å². The SMILES string of the molecule is CNc1nc2ccc(-c3cc(Cc4n[nH]c(=O)c5ccccc45)ccc3F)cc2[nH]1. The van der Waals surface area contributed by atoms with Crippen LogP contribution in [0.15, 0.2) is 65.5 Å². The molecule has 0 radical (unpaired) electrons. The van der Waals surface area contributed by atoms with Crippen LogP contribution in [0.25, 0.3) is 32.9 Å². The molecule has 5 aromatic rings. The van der Waals surface area contributed by atoms with E-state index in [4.69, 9.17) is 0 Å². The number of imidazole rings is 1. The Hall–Kier alpha value is -4.00. The van der Waals surface area contributed by atoms with Gasteiger partial charge in [0, 0.05) is 24.4 Å². The predicted octanol–water partition coefficient (Wildman–Crippen LogP) is 4.24. The van der Waals surface area contributed by atoms with Gasteiger partial charge in [0.1, 0.15) is 5.82 Å². The molecule has 6 nitrogen and oxygen atoms in total. The Morgan fingerprint density at radius 2 is 1.87 bits per heavy atom. The van der Waals surface area contributed by atoms with Gasteiger partial charge < -0.3 is 10.3 Å². The lowest BCUT2D eigenvalue weighted by Crippen LogP contribution is -2.11. The fourth-order valence-corrected chi connectivity index (χ4v) is 3.70. The molecular formula is C23H18FN5O. The molecule has 2 heterocycles. The van der Waals surface area contributed by atoms with Gasteiger partial charge in [0.15, 0.2) is 0 Å². The third-order valence-electron chi connectivity index (χ3n) is 5.21. The topological polar surface area (TPSA) is 86.5 Å². The van der Waals surface area contributed by atoms with Gasteiger partial charge in [-0.3, -0.25) is 4.79 Å². The molecule has 7 heteroatoms. The minimum absolute atomic E-state index is 0.219. The average Bonchev–Trinajstić information content (AvgIpc) is 3.20. The van der Waals surface area contributed by atoms with Crippen molar-refractivity contribution in [1.82, 2.24) is 20.2 Å². The van der Waals surface area contributed by atoms with Crippen molar-refractivity contribution in [2.24, 2.45) is 0 Å². The van der Waals surface area contributed by atoms with Gasteiger partial charge in [0.25, 0.3) is 5.56 Å². The van der Waals surface area contributed by atoms with Crippen molar-refractivity contribution in [3.63, 3.8) is 0 Å². The first kappa shape index (κ1) is 18.1. The number of hydrogen-bond donors (Lipinski definition) is 3. The van der Waals surface area contributed by atoms with Crippen LogP contribution >= 0.6 is 0 Å². The molecular weight excluding hydrogens is 381 g/mol. The molecule has 3 N–H and O–H groups in total. The molecule has 0 bridgehead atoms. The van der Waals surface area contributed by atoms with E-state index in [-0.39, 0.29) is 11.4 Å². The van der Waals surface area contributed by atoms with Gasteiger partial charge >= 0.3 is 0 Å². The van der Waals surface area contributed by atoms with E-state index in [1.165, 1.54) is 6.07 Å². The first-order valence-corrected chi connectivity index (χ1v) is 9.55. The Kier molecular flexibility index (Phi) is 4.28. The molecule has 0 spiro atoms. The zero-order valence-corrected chi connectivity index (χ0v) is 16.2. The third-order valence-corrected chi connectivity index (χ3v) is 5.21. The molecule has 0 unspecified atom stereocenters. The Bertz CT molecular complexity index is 1450. The van der Waals surface area contributed by atoms with Gasteiger partial charge in [-0.2, -0.15) is 5.10 Å². The van der Waals surface area contributed by atoms with Crippen LogP contribution in [0, 0.1) is 5.82 Å². The highest BCUT2D eigenvalue weighted by Gasteiger charge is 2.12. The van der Waals surface area contributed by atoms with Gasteiger partial charge in [0.2, 0.25) is 5.95 Å². The standard InChI is InChI=1S/C23H18FN5O/c1-25-23-26-19-9-7-14(12-21(19)27-23)17-10-13(6-8-18(17)24)11-20-15-4-2-3-5-16(15)22(30)29-28-20/h2-10,12H,11H2,1H3,(H,29,30)(H2,25,26,27). The lowest BCUT2D eigenvalue weighted by molar-refractivity contribution is 0.630. The zero-order valence-electron chi connectivity index (χ0n) is 16.2. The summed E-state index contributed by atoms with van der Waals surface area (Å²) in [6.07, 6.45) is 0.473. The van der Waals surface area contributed by atoms with Gasteiger partial charge in [-0.05, 0) is 41.5 Å². The van der Waals surface area contributed by atoms with Gasteiger partial charge in [-0.1, -0.05) is 30.3 Å². The quantitative estimate of drug-likeness (QED) is 0.422. The monoisotopic (exact) mass is 399 g/mol. The van der Waals surface area contributed by atoms with Crippen LogP contribution in [-0.2, 0) is 6.42 Å². The Morgan fingerprint density at radius 3 is 2.70 bits per heavy atom. The summed E-state index contributed by atoms with van der Waals surface area (Å²) in [5.41, 5.74) is 4.32. The molecule has 2 aromatic heterocycles. The van der Waals surface area contributed by atoms with Crippen molar-refractivity contribution in [3.8, 4) is 11.1 Å². The molecule has 0 fully saturated rings. The number of fused-ring (bicyclic) bond motifs is 2. The molecule has 0 aliphatic carbocycles. The van der Waals surface area contributed by atoms with Crippen LogP contribution < -0.4 is 10.9 Å². The molecule has 0 aliphatic heterocycles. The molecule has 30 heavy (non-hydrogen) atoms. The molecule has 0 saturated carbocycles. The Labute approximate surface area is 170 Å².